The van der Waals surface area contributed by atoms with Gasteiger partial charge in [-0.2, -0.15) is 0 Å². The first-order valence-electron chi connectivity index (χ1n) is 5.12. The van der Waals surface area contributed by atoms with Crippen molar-refractivity contribution < 1.29 is 23.9 Å². The summed E-state index contributed by atoms with van der Waals surface area (Å²) in [4.78, 5) is 32.9. The highest BCUT2D eigenvalue weighted by Crippen LogP contribution is 1.98. The molecular formula is C11H19NO5. The van der Waals surface area contributed by atoms with Crippen molar-refractivity contribution in [1.29, 1.82) is 0 Å². The van der Waals surface area contributed by atoms with E-state index in [1.807, 2.05) is 14.1 Å². The van der Waals surface area contributed by atoms with Crippen LogP contribution in [0.25, 0.3) is 0 Å². The third-order valence-electron chi connectivity index (χ3n) is 1.26. The van der Waals surface area contributed by atoms with Gasteiger partial charge in [0.1, 0.15) is 5.57 Å². The molecule has 0 saturated carbocycles. The lowest BCUT2D eigenvalue weighted by atomic mass is 10.2. The van der Waals surface area contributed by atoms with Crippen molar-refractivity contribution in [2.45, 2.75) is 13.8 Å². The van der Waals surface area contributed by atoms with Crippen molar-refractivity contribution in [3.8, 4) is 0 Å². The van der Waals surface area contributed by atoms with Crippen molar-refractivity contribution in [2.24, 2.45) is 0 Å². The maximum Gasteiger partial charge on any atom is 0.379 e. The molecule has 6 nitrogen and oxygen atoms in total. The van der Waals surface area contributed by atoms with E-state index in [0.29, 0.717) is 0 Å². The average molecular weight is 245 g/mol. The zero-order valence-electron chi connectivity index (χ0n) is 10.7. The lowest BCUT2D eigenvalue weighted by molar-refractivity contribution is -0.153. The van der Waals surface area contributed by atoms with Crippen molar-refractivity contribution >= 4 is 17.7 Å². The largest absolute Gasteiger partial charge is 0.462 e. The van der Waals surface area contributed by atoms with Gasteiger partial charge in [0, 0.05) is 0 Å². The van der Waals surface area contributed by atoms with Crippen LogP contribution in [0.3, 0.4) is 0 Å². The predicted molar refractivity (Wildman–Crippen MR) is 62.4 cm³/mol. The molecule has 0 aromatic heterocycles. The predicted octanol–water partition coefficient (Wildman–Crippen LogP) is 0.0735. The summed E-state index contributed by atoms with van der Waals surface area (Å²) in [6, 6.07) is 0. The van der Waals surface area contributed by atoms with Crippen molar-refractivity contribution in [1.82, 2.24) is 5.32 Å². The number of nitrogens with one attached hydrogen (secondary N) is 1. The van der Waals surface area contributed by atoms with Gasteiger partial charge >= 0.3 is 11.9 Å². The van der Waals surface area contributed by atoms with Gasteiger partial charge in [0.2, 0.25) is 0 Å². The molecule has 0 rings (SSSR count). The fourth-order valence-electron chi connectivity index (χ4n) is 0.631. The molecule has 0 heterocycles. The minimum Gasteiger partial charge on any atom is -0.462 e. The summed E-state index contributed by atoms with van der Waals surface area (Å²) in [7, 11) is 3.75. The SMILES string of the molecule is C=C(C(=O)OCC)C(=O)C(=O)OCC.CNC. The lowest BCUT2D eigenvalue weighted by Gasteiger charge is -2.03. The summed E-state index contributed by atoms with van der Waals surface area (Å²) in [6.07, 6.45) is 0. The van der Waals surface area contributed by atoms with Crippen LogP contribution in [-0.4, -0.2) is 45.0 Å². The van der Waals surface area contributed by atoms with Crippen molar-refractivity contribution in [2.75, 3.05) is 27.3 Å². The number of ether oxygens (including phenoxy) is 2. The Morgan fingerprint density at radius 1 is 1.00 bits per heavy atom. The first-order chi connectivity index (χ1) is 7.95. The van der Waals surface area contributed by atoms with E-state index in [4.69, 9.17) is 0 Å². The molecule has 0 aromatic rings. The van der Waals surface area contributed by atoms with Crippen LogP contribution >= 0.6 is 0 Å². The van der Waals surface area contributed by atoms with Crippen LogP contribution in [0.1, 0.15) is 13.8 Å². The molecular weight excluding hydrogens is 226 g/mol. The van der Waals surface area contributed by atoms with Gasteiger partial charge in [0.15, 0.2) is 0 Å². The minimum absolute atomic E-state index is 0.0701. The Balaban J connectivity index is 0. The van der Waals surface area contributed by atoms with E-state index >= 15 is 0 Å². The summed E-state index contributed by atoms with van der Waals surface area (Å²) in [5.74, 6) is -3.05. The Morgan fingerprint density at radius 2 is 1.35 bits per heavy atom. The molecule has 0 aliphatic carbocycles. The number of carbonyl (C=O) groups excluding carboxylic acids is 3. The van der Waals surface area contributed by atoms with Gasteiger partial charge in [-0.25, -0.2) is 9.59 Å². The van der Waals surface area contributed by atoms with Gasteiger partial charge in [0.25, 0.3) is 5.78 Å². The van der Waals surface area contributed by atoms with Gasteiger partial charge in [-0.1, -0.05) is 6.58 Å². The van der Waals surface area contributed by atoms with Crippen LogP contribution in [0.2, 0.25) is 0 Å². The van der Waals surface area contributed by atoms with E-state index in [1.54, 1.807) is 13.8 Å². The van der Waals surface area contributed by atoms with E-state index < -0.39 is 23.3 Å². The quantitative estimate of drug-likeness (QED) is 0.243. The first kappa shape index (κ1) is 17.7. The zero-order valence-corrected chi connectivity index (χ0v) is 10.7. The van der Waals surface area contributed by atoms with Gasteiger partial charge < -0.3 is 14.8 Å². The Labute approximate surface area is 101 Å². The lowest BCUT2D eigenvalue weighted by Crippen LogP contribution is -2.24. The van der Waals surface area contributed by atoms with Gasteiger partial charge in [-0.3, -0.25) is 4.79 Å². The van der Waals surface area contributed by atoms with Crippen LogP contribution in [0.5, 0.6) is 0 Å². The standard InChI is InChI=1S/C9H12O5.C2H7N/c1-4-13-8(11)6(3)7(10)9(12)14-5-2;1-3-2/h3-5H2,1-2H3;3H,1-2H3. The monoisotopic (exact) mass is 245 g/mol. The summed E-state index contributed by atoms with van der Waals surface area (Å²) >= 11 is 0. The third-order valence-corrected chi connectivity index (χ3v) is 1.26. The number of ketones is 1. The van der Waals surface area contributed by atoms with E-state index in [-0.39, 0.29) is 13.2 Å². The molecule has 1 N–H and O–H groups in total. The smallest absolute Gasteiger partial charge is 0.379 e. The molecule has 0 spiro atoms. The molecule has 0 bridgehead atoms. The van der Waals surface area contributed by atoms with Crippen LogP contribution in [0, 0.1) is 0 Å². The highest BCUT2D eigenvalue weighted by Gasteiger charge is 2.24. The topological polar surface area (TPSA) is 81.7 Å². The zero-order chi connectivity index (χ0) is 13.8. The molecule has 0 fully saturated rings. The molecule has 0 unspecified atom stereocenters. The molecule has 0 aliphatic heterocycles. The first-order valence-corrected chi connectivity index (χ1v) is 5.12. The van der Waals surface area contributed by atoms with Gasteiger partial charge in [-0.15, -0.1) is 0 Å². The summed E-state index contributed by atoms with van der Waals surface area (Å²) in [5, 5.41) is 2.75. The van der Waals surface area contributed by atoms with E-state index in [1.165, 1.54) is 0 Å². The number of rotatable bonds is 5. The summed E-state index contributed by atoms with van der Waals surface area (Å²) in [5.41, 5.74) is -0.509. The molecule has 0 atom stereocenters. The molecule has 0 amide bonds. The summed E-state index contributed by atoms with van der Waals surface area (Å²) < 4.78 is 8.88. The number of esters is 2. The molecule has 98 valence electrons. The molecule has 0 radical (unpaired) electrons. The molecule has 0 saturated heterocycles. The minimum atomic E-state index is -1.09. The normalized spacial score (nSPS) is 8.47. The fourth-order valence-corrected chi connectivity index (χ4v) is 0.631. The van der Waals surface area contributed by atoms with Crippen LogP contribution in [0.15, 0.2) is 12.2 Å². The van der Waals surface area contributed by atoms with Crippen molar-refractivity contribution in [3.05, 3.63) is 12.2 Å². The summed E-state index contributed by atoms with van der Waals surface area (Å²) in [6.45, 7) is 6.48. The molecule has 6 heteroatoms. The number of Topliss-reactive ketones (excluding diaryl/α,β-unsaturated/α-hetero) is 1. The van der Waals surface area contributed by atoms with Gasteiger partial charge in [0.05, 0.1) is 13.2 Å². The molecule has 0 aliphatic rings. The second kappa shape index (κ2) is 10.8. The van der Waals surface area contributed by atoms with Crippen LogP contribution in [-0.2, 0) is 23.9 Å². The number of carbonyl (C=O) groups is 3. The number of hydrogen-bond donors (Lipinski definition) is 1. The number of hydrogen-bond acceptors (Lipinski definition) is 6. The van der Waals surface area contributed by atoms with Crippen LogP contribution in [0.4, 0.5) is 0 Å². The maximum atomic E-state index is 11.1. The molecule has 17 heavy (non-hydrogen) atoms. The Hall–Kier alpha value is -1.69. The van der Waals surface area contributed by atoms with E-state index in [2.05, 4.69) is 21.4 Å². The molecule has 0 aromatic carbocycles. The second-order valence-corrected chi connectivity index (χ2v) is 2.75. The fraction of sp³-hybridized carbons (Fsp3) is 0.545. The Kier molecular flexibility index (Phi) is 11.3. The average Bonchev–Trinajstić information content (AvgIpc) is 2.28. The Bertz CT molecular complexity index is 258. The van der Waals surface area contributed by atoms with Gasteiger partial charge in [-0.05, 0) is 27.9 Å². The highest BCUT2D eigenvalue weighted by atomic mass is 16.5. The van der Waals surface area contributed by atoms with E-state index in [9.17, 15) is 14.4 Å². The maximum absolute atomic E-state index is 11.1. The third kappa shape index (κ3) is 8.15. The van der Waals surface area contributed by atoms with Crippen molar-refractivity contribution in [3.63, 3.8) is 0 Å². The van der Waals surface area contributed by atoms with E-state index in [0.717, 1.165) is 0 Å². The highest BCUT2D eigenvalue weighted by molar-refractivity contribution is 6.46. The second-order valence-electron chi connectivity index (χ2n) is 2.75. The van der Waals surface area contributed by atoms with Crippen LogP contribution < -0.4 is 5.32 Å². The Morgan fingerprint density at radius 3 is 1.71 bits per heavy atom.